The van der Waals surface area contributed by atoms with Gasteiger partial charge in [0.05, 0.1) is 6.04 Å². The molecule has 1 saturated heterocycles. The van der Waals surface area contributed by atoms with Gasteiger partial charge in [-0.1, -0.05) is 13.3 Å². The molecule has 1 amide bonds. The molecule has 2 heterocycles. The van der Waals surface area contributed by atoms with Crippen molar-refractivity contribution in [2.24, 2.45) is 11.8 Å². The van der Waals surface area contributed by atoms with Crippen LogP contribution in [0.25, 0.3) is 0 Å². The summed E-state index contributed by atoms with van der Waals surface area (Å²) in [5.41, 5.74) is 0. The molecule has 1 aromatic rings. The van der Waals surface area contributed by atoms with Crippen LogP contribution in [0.4, 0.5) is 0 Å². The Morgan fingerprint density at radius 2 is 2.19 bits per heavy atom. The Bertz CT molecular complexity index is 725. The van der Waals surface area contributed by atoms with Gasteiger partial charge < -0.3 is 10.6 Å². The molecule has 0 unspecified atom stereocenters. The van der Waals surface area contributed by atoms with Crippen molar-refractivity contribution in [1.29, 1.82) is 0 Å². The number of carbonyl (C=O) groups is 1. The van der Waals surface area contributed by atoms with Gasteiger partial charge in [-0.2, -0.15) is 4.31 Å². The number of carbonyl (C=O) groups excluding carboxylic acids is 1. The summed E-state index contributed by atoms with van der Waals surface area (Å²) in [6, 6.07) is 3.08. The zero-order valence-electron chi connectivity index (χ0n) is 15.4. The number of amides is 1. The molecule has 1 aliphatic heterocycles. The van der Waals surface area contributed by atoms with Crippen LogP contribution in [-0.2, 0) is 14.8 Å². The lowest BCUT2D eigenvalue weighted by Crippen LogP contribution is -2.48. The van der Waals surface area contributed by atoms with E-state index in [0.29, 0.717) is 19.0 Å². The average Bonchev–Trinajstić information content (AvgIpc) is 3.23. The Labute approximate surface area is 155 Å². The van der Waals surface area contributed by atoms with E-state index in [-0.39, 0.29) is 28.8 Å². The van der Waals surface area contributed by atoms with Gasteiger partial charge in [-0.3, -0.25) is 9.78 Å². The lowest BCUT2D eigenvalue weighted by Gasteiger charge is -2.24. The number of hydrogen-bond donors (Lipinski definition) is 2. The number of fused-ring (bicyclic) bond motifs is 1. The van der Waals surface area contributed by atoms with Gasteiger partial charge in [0.2, 0.25) is 15.9 Å². The summed E-state index contributed by atoms with van der Waals surface area (Å²) in [7, 11) is -1.72. The summed E-state index contributed by atoms with van der Waals surface area (Å²) < 4.78 is 27.2. The number of pyridine rings is 1. The number of sulfonamides is 1. The second-order valence-corrected chi connectivity index (χ2v) is 9.19. The largest absolute Gasteiger partial charge is 0.352 e. The monoisotopic (exact) mass is 380 g/mol. The lowest BCUT2D eigenvalue weighted by molar-refractivity contribution is -0.124. The topological polar surface area (TPSA) is 91.4 Å². The van der Waals surface area contributed by atoms with Crippen LogP contribution >= 0.6 is 0 Å². The van der Waals surface area contributed by atoms with Crippen LogP contribution in [0, 0.1) is 11.8 Å². The molecule has 2 fully saturated rings. The summed E-state index contributed by atoms with van der Waals surface area (Å²) in [6.45, 7) is 3.05. The van der Waals surface area contributed by atoms with Crippen molar-refractivity contribution in [3.63, 3.8) is 0 Å². The number of nitrogens with zero attached hydrogens (tertiary/aromatic N) is 2. The van der Waals surface area contributed by atoms with E-state index >= 15 is 0 Å². The molecular formula is C18H28N4O3S. The molecule has 26 heavy (non-hydrogen) atoms. The number of likely N-dealkylation sites (N-methyl/N-ethyl adjacent to an activating group) is 1. The van der Waals surface area contributed by atoms with Crippen LogP contribution in [0.3, 0.4) is 0 Å². The van der Waals surface area contributed by atoms with Gasteiger partial charge >= 0.3 is 0 Å². The highest BCUT2D eigenvalue weighted by atomic mass is 32.2. The maximum Gasteiger partial charge on any atom is 0.244 e. The first kappa shape index (κ1) is 19.3. The Hall–Kier alpha value is -1.51. The van der Waals surface area contributed by atoms with E-state index in [1.807, 2.05) is 0 Å². The van der Waals surface area contributed by atoms with Gasteiger partial charge in [-0.05, 0) is 50.3 Å². The third-order valence-electron chi connectivity index (χ3n) is 5.67. The van der Waals surface area contributed by atoms with Gasteiger partial charge in [0, 0.05) is 31.5 Å². The summed E-state index contributed by atoms with van der Waals surface area (Å²) in [6.07, 6.45) is 6.57. The van der Waals surface area contributed by atoms with Crippen LogP contribution in [-0.4, -0.2) is 55.8 Å². The van der Waals surface area contributed by atoms with Gasteiger partial charge in [-0.25, -0.2) is 8.42 Å². The van der Waals surface area contributed by atoms with E-state index in [1.165, 1.54) is 6.20 Å². The first-order valence-electron chi connectivity index (χ1n) is 9.35. The second-order valence-electron chi connectivity index (χ2n) is 7.26. The van der Waals surface area contributed by atoms with Crippen molar-refractivity contribution in [2.75, 3.05) is 20.1 Å². The van der Waals surface area contributed by atoms with Gasteiger partial charge in [-0.15, -0.1) is 0 Å². The highest BCUT2D eigenvalue weighted by Crippen LogP contribution is 2.40. The summed E-state index contributed by atoms with van der Waals surface area (Å²) in [5, 5.41) is 6.23. The molecule has 0 spiro atoms. The first-order valence-corrected chi connectivity index (χ1v) is 10.8. The maximum absolute atomic E-state index is 12.8. The van der Waals surface area contributed by atoms with Crippen LogP contribution in [0.1, 0.15) is 32.6 Å². The summed E-state index contributed by atoms with van der Waals surface area (Å²) >= 11 is 0. The first-order chi connectivity index (χ1) is 12.5. The third kappa shape index (κ3) is 3.77. The molecule has 7 nitrogen and oxygen atoms in total. The van der Waals surface area contributed by atoms with Crippen molar-refractivity contribution in [3.05, 3.63) is 24.5 Å². The molecule has 2 N–H and O–H groups in total. The van der Waals surface area contributed by atoms with E-state index in [0.717, 1.165) is 25.7 Å². The molecule has 144 valence electrons. The SMILES string of the molecule is CCC[C@H](NC)C(=O)N[C@H]1CC[C@@H]2CN(S(=O)(=O)c3cccnc3)C[C@@H]21. The molecule has 1 aliphatic carbocycles. The molecule has 0 radical (unpaired) electrons. The molecule has 4 atom stereocenters. The van der Waals surface area contributed by atoms with E-state index in [1.54, 1.807) is 29.7 Å². The minimum Gasteiger partial charge on any atom is -0.352 e. The number of aromatic nitrogens is 1. The van der Waals surface area contributed by atoms with Gasteiger partial charge in [0.25, 0.3) is 0 Å². The van der Waals surface area contributed by atoms with Crippen LogP contribution in [0.2, 0.25) is 0 Å². The molecule has 0 aromatic carbocycles. The molecule has 8 heteroatoms. The fraction of sp³-hybridized carbons (Fsp3) is 0.667. The zero-order valence-corrected chi connectivity index (χ0v) is 16.2. The predicted molar refractivity (Wildman–Crippen MR) is 98.9 cm³/mol. The van der Waals surface area contributed by atoms with E-state index < -0.39 is 10.0 Å². The van der Waals surface area contributed by atoms with Crippen molar-refractivity contribution < 1.29 is 13.2 Å². The van der Waals surface area contributed by atoms with E-state index in [4.69, 9.17) is 0 Å². The fourth-order valence-electron chi connectivity index (χ4n) is 4.23. The summed E-state index contributed by atoms with van der Waals surface area (Å²) in [5.74, 6) is 0.518. The molecular weight excluding hydrogens is 352 g/mol. The van der Waals surface area contributed by atoms with Crippen LogP contribution in [0.15, 0.2) is 29.4 Å². The highest BCUT2D eigenvalue weighted by Gasteiger charge is 2.47. The van der Waals surface area contributed by atoms with E-state index in [9.17, 15) is 13.2 Å². The molecule has 1 aromatic heterocycles. The molecule has 1 saturated carbocycles. The molecule has 3 rings (SSSR count). The van der Waals surface area contributed by atoms with Crippen LogP contribution < -0.4 is 10.6 Å². The van der Waals surface area contributed by atoms with Crippen molar-refractivity contribution in [1.82, 2.24) is 19.9 Å². The Morgan fingerprint density at radius 1 is 1.38 bits per heavy atom. The summed E-state index contributed by atoms with van der Waals surface area (Å²) in [4.78, 5) is 16.7. The maximum atomic E-state index is 12.8. The lowest BCUT2D eigenvalue weighted by atomic mass is 9.97. The average molecular weight is 381 g/mol. The molecule has 2 aliphatic rings. The van der Waals surface area contributed by atoms with Crippen molar-refractivity contribution in [2.45, 2.75) is 49.6 Å². The Kier molecular flexibility index (Phi) is 5.94. The Morgan fingerprint density at radius 3 is 2.85 bits per heavy atom. The number of nitrogens with one attached hydrogen (secondary N) is 2. The minimum absolute atomic E-state index is 0.0218. The smallest absolute Gasteiger partial charge is 0.244 e. The predicted octanol–water partition coefficient (Wildman–Crippen LogP) is 0.985. The normalized spacial score (nSPS) is 27.2. The number of hydrogen-bond acceptors (Lipinski definition) is 5. The van der Waals surface area contributed by atoms with Gasteiger partial charge in [0.1, 0.15) is 4.90 Å². The fourth-order valence-corrected chi connectivity index (χ4v) is 5.73. The van der Waals surface area contributed by atoms with Gasteiger partial charge in [0.15, 0.2) is 0 Å². The van der Waals surface area contributed by atoms with Crippen molar-refractivity contribution in [3.8, 4) is 0 Å². The van der Waals surface area contributed by atoms with E-state index in [2.05, 4.69) is 22.5 Å². The third-order valence-corrected chi connectivity index (χ3v) is 7.48. The molecule has 0 bridgehead atoms. The quantitative estimate of drug-likeness (QED) is 0.736. The minimum atomic E-state index is -3.52. The van der Waals surface area contributed by atoms with Crippen molar-refractivity contribution >= 4 is 15.9 Å². The standard InChI is InChI=1S/C18H28N4O3S/c1-3-5-17(19-2)18(23)21-16-8-7-13-11-22(12-15(13)16)26(24,25)14-6-4-9-20-10-14/h4,6,9-10,13,15-17,19H,3,5,7-8,11-12H2,1-2H3,(H,21,23)/t13-,15+,16+,17+/m1/s1. The second kappa shape index (κ2) is 8.02. The number of rotatable bonds is 7. The van der Waals surface area contributed by atoms with Crippen LogP contribution in [0.5, 0.6) is 0 Å². The zero-order chi connectivity index (χ0) is 18.7. The highest BCUT2D eigenvalue weighted by molar-refractivity contribution is 7.89. The Balaban J connectivity index is 1.66.